The van der Waals surface area contributed by atoms with E-state index in [1.54, 1.807) is 30.0 Å². The molecule has 0 bridgehead atoms. The lowest BCUT2D eigenvalue weighted by atomic mass is 10.1. The van der Waals surface area contributed by atoms with Crippen molar-refractivity contribution in [3.05, 3.63) is 40.8 Å². The molecule has 0 aliphatic carbocycles. The van der Waals surface area contributed by atoms with E-state index in [9.17, 15) is 13.2 Å². The van der Waals surface area contributed by atoms with Crippen LogP contribution in [0.15, 0.2) is 27.6 Å². The Kier molecular flexibility index (Phi) is 5.15. The first-order valence-corrected chi connectivity index (χ1v) is 10.1. The van der Waals surface area contributed by atoms with Crippen LogP contribution in [0.4, 0.5) is 5.69 Å². The van der Waals surface area contributed by atoms with Gasteiger partial charge in [-0.25, -0.2) is 13.1 Å². The summed E-state index contributed by atoms with van der Waals surface area (Å²) in [7, 11) is -3.68. The van der Waals surface area contributed by atoms with Crippen molar-refractivity contribution in [1.82, 2.24) is 9.88 Å². The van der Waals surface area contributed by atoms with Crippen LogP contribution in [0.5, 0.6) is 0 Å². The maximum Gasteiger partial charge on any atom is 0.240 e. The van der Waals surface area contributed by atoms with Crippen LogP contribution >= 0.6 is 0 Å². The molecule has 1 saturated heterocycles. The number of hydrogen-bond acceptors (Lipinski definition) is 5. The van der Waals surface area contributed by atoms with Gasteiger partial charge in [-0.05, 0) is 51.3 Å². The number of nitrogens with zero attached hydrogens (tertiary/aromatic N) is 2. The van der Waals surface area contributed by atoms with Crippen molar-refractivity contribution in [2.45, 2.75) is 44.9 Å². The summed E-state index contributed by atoms with van der Waals surface area (Å²) >= 11 is 0. The molecule has 0 radical (unpaired) electrons. The molecule has 1 amide bonds. The number of amides is 1. The van der Waals surface area contributed by atoms with E-state index in [0.717, 1.165) is 17.7 Å². The molecular formula is C18H23N3O4S. The fourth-order valence-corrected chi connectivity index (χ4v) is 4.51. The molecule has 7 nitrogen and oxygen atoms in total. The molecule has 8 heteroatoms. The van der Waals surface area contributed by atoms with Gasteiger partial charge in [0.25, 0.3) is 0 Å². The number of nitrogens with one attached hydrogen (secondary N) is 1. The number of sulfonamides is 1. The van der Waals surface area contributed by atoms with Gasteiger partial charge in [-0.2, -0.15) is 0 Å². The summed E-state index contributed by atoms with van der Waals surface area (Å²) < 4.78 is 33.2. The molecule has 1 aromatic carbocycles. The van der Waals surface area contributed by atoms with Gasteiger partial charge in [0.15, 0.2) is 0 Å². The Hall–Kier alpha value is -2.19. The van der Waals surface area contributed by atoms with Crippen molar-refractivity contribution in [1.29, 1.82) is 0 Å². The highest BCUT2D eigenvalue weighted by Gasteiger charge is 2.24. The fourth-order valence-electron chi connectivity index (χ4n) is 3.21. The maximum absolute atomic E-state index is 12.7. The van der Waals surface area contributed by atoms with Gasteiger partial charge in [-0.3, -0.25) is 4.79 Å². The van der Waals surface area contributed by atoms with Crippen LogP contribution in [0.2, 0.25) is 0 Å². The molecule has 1 fully saturated rings. The largest absolute Gasteiger partial charge is 0.361 e. The zero-order valence-electron chi connectivity index (χ0n) is 15.2. The molecule has 2 heterocycles. The van der Waals surface area contributed by atoms with Gasteiger partial charge in [0.1, 0.15) is 5.76 Å². The number of anilines is 1. The number of hydrogen-bond donors (Lipinski definition) is 1. The van der Waals surface area contributed by atoms with Crippen molar-refractivity contribution in [3.8, 4) is 0 Å². The molecule has 0 atom stereocenters. The van der Waals surface area contributed by atoms with E-state index in [-0.39, 0.29) is 17.3 Å². The number of carbonyl (C=O) groups excluding carboxylic acids is 1. The number of carbonyl (C=O) groups is 1. The van der Waals surface area contributed by atoms with Gasteiger partial charge in [0.05, 0.1) is 10.6 Å². The molecule has 2 aromatic rings. The summed E-state index contributed by atoms with van der Waals surface area (Å²) in [5, 5.41) is 3.88. The van der Waals surface area contributed by atoms with Gasteiger partial charge in [-0.1, -0.05) is 11.2 Å². The quantitative estimate of drug-likeness (QED) is 0.833. The summed E-state index contributed by atoms with van der Waals surface area (Å²) in [6.07, 6.45) is 1.81. The molecule has 0 saturated carbocycles. The molecule has 0 spiro atoms. The van der Waals surface area contributed by atoms with E-state index in [1.807, 2.05) is 13.8 Å². The van der Waals surface area contributed by atoms with Crippen molar-refractivity contribution >= 4 is 21.6 Å². The van der Waals surface area contributed by atoms with Crippen molar-refractivity contribution in [3.63, 3.8) is 0 Å². The summed E-state index contributed by atoms with van der Waals surface area (Å²) in [4.78, 5) is 13.8. The van der Waals surface area contributed by atoms with Gasteiger partial charge in [-0.15, -0.1) is 0 Å². The molecule has 1 aliphatic rings. The first kappa shape index (κ1) is 18.6. The summed E-state index contributed by atoms with van der Waals surface area (Å²) in [5.41, 5.74) is 2.96. The van der Waals surface area contributed by atoms with E-state index in [2.05, 4.69) is 9.88 Å². The SMILES string of the molecule is Cc1ccc(N2CCCC2=O)cc1S(=O)(=O)NCCc1c(C)noc1C. The summed E-state index contributed by atoms with van der Waals surface area (Å²) in [6, 6.07) is 5.11. The second-order valence-electron chi connectivity index (χ2n) is 6.55. The van der Waals surface area contributed by atoms with Crippen molar-refractivity contribution in [2.24, 2.45) is 0 Å². The summed E-state index contributed by atoms with van der Waals surface area (Å²) in [5.74, 6) is 0.732. The lowest BCUT2D eigenvalue weighted by molar-refractivity contribution is -0.117. The van der Waals surface area contributed by atoms with Crippen LogP contribution in [0.25, 0.3) is 0 Å². The van der Waals surface area contributed by atoms with Gasteiger partial charge < -0.3 is 9.42 Å². The third kappa shape index (κ3) is 3.66. The first-order valence-electron chi connectivity index (χ1n) is 8.62. The van der Waals surface area contributed by atoms with E-state index in [0.29, 0.717) is 36.4 Å². The third-order valence-electron chi connectivity index (χ3n) is 4.69. The minimum Gasteiger partial charge on any atom is -0.361 e. The van der Waals surface area contributed by atoms with Gasteiger partial charge >= 0.3 is 0 Å². The maximum atomic E-state index is 12.7. The number of aryl methyl sites for hydroxylation is 3. The van der Waals surface area contributed by atoms with E-state index < -0.39 is 10.0 Å². The molecular weight excluding hydrogens is 354 g/mol. The smallest absolute Gasteiger partial charge is 0.240 e. The minimum atomic E-state index is -3.68. The second kappa shape index (κ2) is 7.20. The first-order chi connectivity index (χ1) is 12.3. The number of aromatic nitrogens is 1. The van der Waals surface area contributed by atoms with Crippen molar-refractivity contribution in [2.75, 3.05) is 18.0 Å². The van der Waals surface area contributed by atoms with E-state index in [4.69, 9.17) is 4.52 Å². The third-order valence-corrected chi connectivity index (χ3v) is 6.30. The Morgan fingerprint density at radius 1 is 1.27 bits per heavy atom. The Labute approximate surface area is 153 Å². The van der Waals surface area contributed by atoms with Crippen LogP contribution in [0, 0.1) is 20.8 Å². The van der Waals surface area contributed by atoms with Crippen LogP contribution in [0.3, 0.4) is 0 Å². The predicted octanol–water partition coefficient (Wildman–Crippen LogP) is 2.25. The molecule has 140 valence electrons. The zero-order valence-corrected chi connectivity index (χ0v) is 16.0. The average Bonchev–Trinajstić information content (AvgIpc) is 3.15. The Balaban J connectivity index is 1.77. The lowest BCUT2D eigenvalue weighted by Crippen LogP contribution is -2.28. The highest BCUT2D eigenvalue weighted by Crippen LogP contribution is 2.26. The molecule has 0 unspecified atom stereocenters. The fraction of sp³-hybridized carbons (Fsp3) is 0.444. The molecule has 26 heavy (non-hydrogen) atoms. The van der Waals surface area contributed by atoms with Crippen LogP contribution in [0.1, 0.15) is 35.4 Å². The monoisotopic (exact) mass is 377 g/mol. The summed E-state index contributed by atoms with van der Waals surface area (Å²) in [6.45, 7) is 6.27. The number of rotatable bonds is 6. The van der Waals surface area contributed by atoms with E-state index in [1.165, 1.54) is 0 Å². The van der Waals surface area contributed by atoms with Crippen LogP contribution < -0.4 is 9.62 Å². The van der Waals surface area contributed by atoms with Gasteiger partial charge in [0.2, 0.25) is 15.9 Å². The zero-order chi connectivity index (χ0) is 18.9. The topological polar surface area (TPSA) is 92.5 Å². The highest BCUT2D eigenvalue weighted by molar-refractivity contribution is 7.89. The molecule has 1 aliphatic heterocycles. The highest BCUT2D eigenvalue weighted by atomic mass is 32.2. The molecule has 3 rings (SSSR count). The standard InChI is InChI=1S/C18H23N3O4S/c1-12-6-7-15(21-10-4-5-18(21)22)11-17(12)26(23,24)19-9-8-16-13(2)20-25-14(16)3/h6-7,11,19H,4-5,8-10H2,1-3H3. The van der Waals surface area contributed by atoms with Crippen molar-refractivity contribution < 1.29 is 17.7 Å². The Morgan fingerprint density at radius 3 is 2.65 bits per heavy atom. The average molecular weight is 377 g/mol. The second-order valence-corrected chi connectivity index (χ2v) is 8.28. The Morgan fingerprint density at radius 2 is 2.04 bits per heavy atom. The normalized spacial score (nSPS) is 15.0. The predicted molar refractivity (Wildman–Crippen MR) is 97.6 cm³/mol. The van der Waals surface area contributed by atoms with Crippen LogP contribution in [-0.2, 0) is 21.2 Å². The van der Waals surface area contributed by atoms with Crippen LogP contribution in [-0.4, -0.2) is 32.6 Å². The van der Waals surface area contributed by atoms with Gasteiger partial charge in [0, 0.05) is 30.8 Å². The minimum absolute atomic E-state index is 0.0311. The molecule has 1 N–H and O–H groups in total. The Bertz CT molecular complexity index is 914. The molecule has 1 aromatic heterocycles. The number of benzene rings is 1. The van der Waals surface area contributed by atoms with E-state index >= 15 is 0 Å². The lowest BCUT2D eigenvalue weighted by Gasteiger charge is -2.18.